The first-order chi connectivity index (χ1) is 13.7. The molecule has 1 saturated heterocycles. The third-order valence-corrected chi connectivity index (χ3v) is 5.36. The zero-order valence-electron chi connectivity index (χ0n) is 16.8. The van der Waals surface area contributed by atoms with Gasteiger partial charge in [0.05, 0.1) is 19.3 Å². The van der Waals surface area contributed by atoms with Gasteiger partial charge in [-0.05, 0) is 24.5 Å². The van der Waals surface area contributed by atoms with Crippen molar-refractivity contribution >= 4 is 16.9 Å². The summed E-state index contributed by atoms with van der Waals surface area (Å²) in [5, 5.41) is 9.09. The minimum atomic E-state index is 0.0255. The Morgan fingerprint density at radius 1 is 1.43 bits per heavy atom. The molecule has 3 heterocycles. The third kappa shape index (κ3) is 3.75. The van der Waals surface area contributed by atoms with E-state index in [-0.39, 0.29) is 6.10 Å². The molecule has 1 aromatic carbocycles. The molecule has 2 aromatic heterocycles. The Kier molecular flexibility index (Phi) is 5.34. The normalized spacial score (nSPS) is 18.0. The van der Waals surface area contributed by atoms with Gasteiger partial charge in [0.1, 0.15) is 6.10 Å². The van der Waals surface area contributed by atoms with Crippen molar-refractivity contribution in [1.29, 1.82) is 0 Å². The molecule has 0 bridgehead atoms. The van der Waals surface area contributed by atoms with Gasteiger partial charge >= 0.3 is 0 Å². The maximum absolute atomic E-state index is 5.94. The van der Waals surface area contributed by atoms with Gasteiger partial charge in [0, 0.05) is 56.0 Å². The Labute approximate surface area is 165 Å². The number of guanidine groups is 1. The van der Waals surface area contributed by atoms with Crippen LogP contribution in [0.1, 0.15) is 22.8 Å². The largest absolute Gasteiger partial charge is 0.370 e. The van der Waals surface area contributed by atoms with E-state index in [2.05, 4.69) is 56.6 Å². The zero-order valence-corrected chi connectivity index (χ0v) is 16.8. The van der Waals surface area contributed by atoms with Crippen LogP contribution in [0.15, 0.2) is 41.8 Å². The standard InChI is InChI=1S/C21H28N6O/c1-15-5-4-6-18-16(11-24-20(15)18)7-8-23-21(22-2)27-9-10-28-19(14-27)17-12-25-26(3)13-17/h4-6,11-13,19,24H,7-10,14H2,1-3H3,(H,22,23). The number of fused-ring (bicyclic) bond motifs is 1. The summed E-state index contributed by atoms with van der Waals surface area (Å²) >= 11 is 0. The second-order valence-electron chi connectivity index (χ2n) is 7.29. The number of H-pyrrole nitrogens is 1. The van der Waals surface area contributed by atoms with Crippen molar-refractivity contribution in [3.63, 3.8) is 0 Å². The van der Waals surface area contributed by atoms with Crippen LogP contribution >= 0.6 is 0 Å². The van der Waals surface area contributed by atoms with Crippen molar-refractivity contribution in [2.75, 3.05) is 33.3 Å². The van der Waals surface area contributed by atoms with Gasteiger partial charge in [-0.25, -0.2) is 0 Å². The van der Waals surface area contributed by atoms with E-state index in [1.165, 1.54) is 22.0 Å². The molecular formula is C21H28N6O. The van der Waals surface area contributed by atoms with Gasteiger partial charge in [0.25, 0.3) is 0 Å². The molecule has 7 heteroatoms. The molecule has 148 valence electrons. The first-order valence-corrected chi connectivity index (χ1v) is 9.77. The van der Waals surface area contributed by atoms with Gasteiger partial charge in [-0.3, -0.25) is 9.67 Å². The quantitative estimate of drug-likeness (QED) is 0.539. The van der Waals surface area contributed by atoms with Gasteiger partial charge in [-0.15, -0.1) is 0 Å². The van der Waals surface area contributed by atoms with E-state index in [1.54, 1.807) is 0 Å². The number of benzene rings is 1. The lowest BCUT2D eigenvalue weighted by atomic mass is 10.1. The molecule has 7 nitrogen and oxygen atoms in total. The van der Waals surface area contributed by atoms with Gasteiger partial charge in [0.2, 0.25) is 0 Å². The number of aliphatic imine (C=N–C) groups is 1. The lowest BCUT2D eigenvalue weighted by Crippen LogP contribution is -2.48. The predicted octanol–water partition coefficient (Wildman–Crippen LogP) is 2.40. The summed E-state index contributed by atoms with van der Waals surface area (Å²) in [5.74, 6) is 0.924. The Balaban J connectivity index is 1.37. The Morgan fingerprint density at radius 3 is 3.11 bits per heavy atom. The minimum absolute atomic E-state index is 0.0255. The SMILES string of the molecule is CN=C(NCCc1c[nH]c2c(C)cccc12)N1CCOC(c2cnn(C)c2)C1. The maximum Gasteiger partial charge on any atom is 0.193 e. The molecule has 1 atom stereocenters. The summed E-state index contributed by atoms with van der Waals surface area (Å²) < 4.78 is 7.76. The van der Waals surface area contributed by atoms with Gasteiger partial charge in [-0.2, -0.15) is 5.10 Å². The number of hydrogen-bond donors (Lipinski definition) is 2. The van der Waals surface area contributed by atoms with Crippen LogP contribution in [-0.4, -0.2) is 58.9 Å². The van der Waals surface area contributed by atoms with E-state index in [0.29, 0.717) is 6.61 Å². The topological polar surface area (TPSA) is 70.5 Å². The highest BCUT2D eigenvalue weighted by molar-refractivity contribution is 5.86. The lowest BCUT2D eigenvalue weighted by molar-refractivity contribution is -0.00800. The summed E-state index contributed by atoms with van der Waals surface area (Å²) in [6, 6.07) is 6.44. The van der Waals surface area contributed by atoms with Crippen molar-refractivity contribution in [2.24, 2.45) is 12.0 Å². The number of rotatable bonds is 4. The highest BCUT2D eigenvalue weighted by atomic mass is 16.5. The molecule has 0 aliphatic carbocycles. The van der Waals surface area contributed by atoms with E-state index in [1.807, 2.05) is 31.2 Å². The molecular weight excluding hydrogens is 352 g/mol. The Bertz CT molecular complexity index is 972. The van der Waals surface area contributed by atoms with Crippen molar-refractivity contribution < 1.29 is 4.74 Å². The van der Waals surface area contributed by atoms with Crippen LogP contribution in [0, 0.1) is 6.92 Å². The van der Waals surface area contributed by atoms with Crippen molar-refractivity contribution in [1.82, 2.24) is 25.0 Å². The fraction of sp³-hybridized carbons (Fsp3) is 0.429. The number of aromatic amines is 1. The molecule has 0 radical (unpaired) electrons. The van der Waals surface area contributed by atoms with Crippen LogP contribution in [0.2, 0.25) is 0 Å². The minimum Gasteiger partial charge on any atom is -0.370 e. The second-order valence-corrected chi connectivity index (χ2v) is 7.29. The average molecular weight is 380 g/mol. The number of nitrogens with one attached hydrogen (secondary N) is 2. The maximum atomic E-state index is 5.94. The summed E-state index contributed by atoms with van der Waals surface area (Å²) in [6.45, 7) is 5.27. The van der Waals surface area contributed by atoms with Crippen LogP contribution in [0.4, 0.5) is 0 Å². The fourth-order valence-corrected chi connectivity index (χ4v) is 3.86. The summed E-state index contributed by atoms with van der Waals surface area (Å²) in [6.07, 6.45) is 6.98. The van der Waals surface area contributed by atoms with Gasteiger partial charge in [-0.1, -0.05) is 18.2 Å². The molecule has 1 unspecified atom stereocenters. The first-order valence-electron chi connectivity index (χ1n) is 9.77. The second kappa shape index (κ2) is 8.06. The molecule has 2 N–H and O–H groups in total. The number of aryl methyl sites for hydroxylation is 2. The first kappa shape index (κ1) is 18.6. The van der Waals surface area contributed by atoms with E-state index in [0.717, 1.165) is 37.6 Å². The number of para-hydroxylation sites is 1. The van der Waals surface area contributed by atoms with Gasteiger partial charge in [0.15, 0.2) is 5.96 Å². The molecule has 3 aromatic rings. The number of ether oxygens (including phenoxy) is 1. The summed E-state index contributed by atoms with van der Waals surface area (Å²) in [7, 11) is 3.77. The van der Waals surface area contributed by atoms with E-state index >= 15 is 0 Å². The van der Waals surface area contributed by atoms with Crippen LogP contribution in [0.5, 0.6) is 0 Å². The van der Waals surface area contributed by atoms with E-state index in [4.69, 9.17) is 4.74 Å². The Morgan fingerprint density at radius 2 is 2.32 bits per heavy atom. The van der Waals surface area contributed by atoms with Crippen LogP contribution in [0.25, 0.3) is 10.9 Å². The van der Waals surface area contributed by atoms with E-state index < -0.39 is 0 Å². The highest BCUT2D eigenvalue weighted by Gasteiger charge is 2.25. The number of morpholine rings is 1. The zero-order chi connectivity index (χ0) is 19.5. The molecule has 1 aliphatic rings. The third-order valence-electron chi connectivity index (χ3n) is 5.36. The molecule has 0 saturated carbocycles. The smallest absolute Gasteiger partial charge is 0.193 e. The average Bonchev–Trinajstić information content (AvgIpc) is 3.33. The highest BCUT2D eigenvalue weighted by Crippen LogP contribution is 2.22. The van der Waals surface area contributed by atoms with Crippen molar-refractivity contribution in [2.45, 2.75) is 19.4 Å². The molecule has 4 rings (SSSR count). The Hall–Kier alpha value is -2.80. The van der Waals surface area contributed by atoms with Crippen LogP contribution < -0.4 is 5.32 Å². The number of nitrogens with zero attached hydrogens (tertiary/aromatic N) is 4. The van der Waals surface area contributed by atoms with Crippen LogP contribution in [-0.2, 0) is 18.2 Å². The summed E-state index contributed by atoms with van der Waals surface area (Å²) in [4.78, 5) is 10.2. The van der Waals surface area contributed by atoms with Crippen molar-refractivity contribution in [3.8, 4) is 0 Å². The van der Waals surface area contributed by atoms with Gasteiger partial charge < -0.3 is 19.9 Å². The molecule has 28 heavy (non-hydrogen) atoms. The molecule has 1 fully saturated rings. The molecule has 0 amide bonds. The molecule has 1 aliphatic heterocycles. The fourth-order valence-electron chi connectivity index (χ4n) is 3.86. The van der Waals surface area contributed by atoms with Crippen molar-refractivity contribution in [3.05, 3.63) is 53.5 Å². The predicted molar refractivity (Wildman–Crippen MR) is 112 cm³/mol. The number of hydrogen-bond acceptors (Lipinski definition) is 3. The van der Waals surface area contributed by atoms with E-state index in [9.17, 15) is 0 Å². The lowest BCUT2D eigenvalue weighted by Gasteiger charge is -2.34. The summed E-state index contributed by atoms with van der Waals surface area (Å²) in [5.41, 5.74) is 4.95. The monoisotopic (exact) mass is 380 g/mol. The molecule has 0 spiro atoms. The number of aromatic nitrogens is 3. The van der Waals surface area contributed by atoms with Crippen LogP contribution in [0.3, 0.4) is 0 Å².